The average Bonchev–Trinajstić information content (AvgIpc) is 2.77. The van der Waals surface area contributed by atoms with Crippen LogP contribution in [0.1, 0.15) is 65.0 Å². The molecule has 0 aliphatic carbocycles. The molecule has 1 aliphatic heterocycles. The third-order valence-corrected chi connectivity index (χ3v) is 5.57. The molecule has 34 heavy (non-hydrogen) atoms. The van der Waals surface area contributed by atoms with Gasteiger partial charge < -0.3 is 20.5 Å². The van der Waals surface area contributed by atoms with Gasteiger partial charge in [0.15, 0.2) is 0 Å². The van der Waals surface area contributed by atoms with E-state index >= 15 is 0 Å². The van der Waals surface area contributed by atoms with E-state index in [2.05, 4.69) is 26.1 Å². The summed E-state index contributed by atoms with van der Waals surface area (Å²) in [6, 6.07) is -1.84. The Hall–Kier alpha value is -2.43. The molecule has 1 aliphatic rings. The number of carbonyl (C=O) groups excluding carboxylic acids is 3. The van der Waals surface area contributed by atoms with Gasteiger partial charge in [-0.25, -0.2) is 0 Å². The van der Waals surface area contributed by atoms with Crippen molar-refractivity contribution in [3.05, 3.63) is 23.5 Å². The number of ether oxygens (including phenoxy) is 1. The molecule has 190 valence electrons. The van der Waals surface area contributed by atoms with Gasteiger partial charge in [0.2, 0.25) is 18.1 Å². The van der Waals surface area contributed by atoms with Gasteiger partial charge in [-0.15, -0.1) is 0 Å². The Balaban J connectivity index is 2.14. The van der Waals surface area contributed by atoms with Crippen LogP contribution in [0.15, 0.2) is 12.4 Å². The van der Waals surface area contributed by atoms with Crippen molar-refractivity contribution in [3.8, 4) is 0 Å². The number of hydrogen-bond donors (Lipinski definition) is 4. The van der Waals surface area contributed by atoms with E-state index in [-0.39, 0.29) is 24.4 Å². The van der Waals surface area contributed by atoms with Gasteiger partial charge in [0.25, 0.3) is 5.91 Å². The van der Waals surface area contributed by atoms with Crippen LogP contribution >= 0.6 is 0 Å². The SMILES string of the molecule is CC(C)C(NC(O)OCC(C)(C)C)C(=O)NC1CCc2cnncc2CCCCNC(=O)C1=O. The summed E-state index contributed by atoms with van der Waals surface area (Å²) in [6.07, 6.45) is 5.14. The average molecular weight is 478 g/mol. The zero-order valence-electron chi connectivity index (χ0n) is 20.9. The lowest BCUT2D eigenvalue weighted by molar-refractivity contribution is -0.153. The molecule has 0 aromatic carbocycles. The number of aryl methyl sites for hydroxylation is 2. The number of Topliss-reactive ketones (excluding diaryl/α,β-unsaturated/α-hetero) is 1. The highest BCUT2D eigenvalue weighted by Gasteiger charge is 2.32. The fourth-order valence-electron chi connectivity index (χ4n) is 3.64. The second kappa shape index (κ2) is 12.9. The minimum absolute atomic E-state index is 0.160. The van der Waals surface area contributed by atoms with Crippen LogP contribution in [0.3, 0.4) is 0 Å². The molecular formula is C24H39N5O5. The topological polar surface area (TPSA) is 143 Å². The molecule has 0 radical (unpaired) electrons. The summed E-state index contributed by atoms with van der Waals surface area (Å²) >= 11 is 0. The summed E-state index contributed by atoms with van der Waals surface area (Å²) in [5.41, 5.74) is 1.85. The van der Waals surface area contributed by atoms with Gasteiger partial charge in [-0.3, -0.25) is 19.7 Å². The maximum atomic E-state index is 13.1. The van der Waals surface area contributed by atoms with E-state index in [0.29, 0.717) is 13.0 Å². The lowest BCUT2D eigenvalue weighted by atomic mass is 9.96. The summed E-state index contributed by atoms with van der Waals surface area (Å²) in [4.78, 5) is 38.4. The van der Waals surface area contributed by atoms with E-state index < -0.39 is 36.1 Å². The first-order valence-electron chi connectivity index (χ1n) is 11.9. The smallest absolute Gasteiger partial charge is 0.289 e. The molecule has 0 saturated carbocycles. The molecular weight excluding hydrogens is 438 g/mol. The molecule has 3 atom stereocenters. The fourth-order valence-corrected chi connectivity index (χ4v) is 3.64. The molecule has 0 fully saturated rings. The molecule has 0 saturated heterocycles. The van der Waals surface area contributed by atoms with Crippen molar-refractivity contribution in [2.45, 2.75) is 85.2 Å². The lowest BCUT2D eigenvalue weighted by Gasteiger charge is -2.28. The quantitative estimate of drug-likeness (QED) is 0.335. The number of amides is 2. The largest absolute Gasteiger partial charge is 0.356 e. The first-order valence-corrected chi connectivity index (χ1v) is 11.9. The van der Waals surface area contributed by atoms with Crippen LogP contribution in [-0.4, -0.2) is 64.6 Å². The summed E-state index contributed by atoms with van der Waals surface area (Å²) in [5.74, 6) is -2.09. The Kier molecular flexibility index (Phi) is 10.5. The molecule has 2 rings (SSSR count). The number of aliphatic hydroxyl groups excluding tert-OH is 1. The van der Waals surface area contributed by atoms with Crippen LogP contribution < -0.4 is 16.0 Å². The second-order valence-corrected chi connectivity index (χ2v) is 10.3. The van der Waals surface area contributed by atoms with E-state index in [4.69, 9.17) is 4.74 Å². The van der Waals surface area contributed by atoms with Crippen LogP contribution in [-0.2, 0) is 32.0 Å². The van der Waals surface area contributed by atoms with Gasteiger partial charge in [0, 0.05) is 6.54 Å². The summed E-state index contributed by atoms with van der Waals surface area (Å²) in [5, 5.41) is 26.3. The van der Waals surface area contributed by atoms with E-state index in [1.165, 1.54) is 0 Å². The number of aromatic nitrogens is 2. The van der Waals surface area contributed by atoms with Gasteiger partial charge in [-0.1, -0.05) is 34.6 Å². The third-order valence-electron chi connectivity index (χ3n) is 5.57. The predicted molar refractivity (Wildman–Crippen MR) is 126 cm³/mol. The Morgan fingerprint density at radius 3 is 2.44 bits per heavy atom. The Morgan fingerprint density at radius 1 is 1.18 bits per heavy atom. The van der Waals surface area contributed by atoms with Gasteiger partial charge in [0.05, 0.1) is 31.1 Å². The monoisotopic (exact) mass is 477 g/mol. The number of carbonyl (C=O) groups is 3. The maximum absolute atomic E-state index is 13.1. The van der Waals surface area contributed by atoms with Crippen molar-refractivity contribution in [2.24, 2.45) is 11.3 Å². The molecule has 1 aromatic rings. The number of rotatable bonds is 7. The van der Waals surface area contributed by atoms with Crippen LogP contribution in [0.5, 0.6) is 0 Å². The maximum Gasteiger partial charge on any atom is 0.289 e. The normalized spacial score (nSPS) is 19.9. The van der Waals surface area contributed by atoms with Crippen molar-refractivity contribution < 1.29 is 24.2 Å². The molecule has 2 heterocycles. The first kappa shape index (κ1) is 27.8. The highest BCUT2D eigenvalue weighted by atomic mass is 16.6. The zero-order valence-corrected chi connectivity index (χ0v) is 20.9. The highest BCUT2D eigenvalue weighted by Crippen LogP contribution is 2.16. The molecule has 3 unspecified atom stereocenters. The minimum atomic E-state index is -1.35. The predicted octanol–water partition coefficient (Wildman–Crippen LogP) is 0.868. The third kappa shape index (κ3) is 9.08. The first-order chi connectivity index (χ1) is 16.0. The van der Waals surface area contributed by atoms with Crippen LogP contribution in [0, 0.1) is 11.3 Å². The number of nitrogens with one attached hydrogen (secondary N) is 3. The van der Waals surface area contributed by atoms with E-state index in [0.717, 1.165) is 30.4 Å². The van der Waals surface area contributed by atoms with Gasteiger partial charge in [-0.2, -0.15) is 10.2 Å². The van der Waals surface area contributed by atoms with E-state index in [1.807, 2.05) is 34.6 Å². The molecule has 10 nitrogen and oxygen atoms in total. The van der Waals surface area contributed by atoms with Crippen molar-refractivity contribution in [3.63, 3.8) is 0 Å². The van der Waals surface area contributed by atoms with Crippen molar-refractivity contribution in [2.75, 3.05) is 13.2 Å². The van der Waals surface area contributed by atoms with Crippen LogP contribution in [0.4, 0.5) is 0 Å². The van der Waals surface area contributed by atoms with Crippen LogP contribution in [0.25, 0.3) is 0 Å². The standard InChI is InChI=1S/C24H39N5O5/c1-15(2)19(29-23(33)34-14-24(3,4)5)21(31)28-18-10-9-17-13-27-26-12-16(17)8-6-7-11-25-22(32)20(18)30/h12-13,15,18-19,23,29,33H,6-11,14H2,1-5H3,(H,25,32)(H,28,31). The Bertz CT molecular complexity index is 839. The van der Waals surface area contributed by atoms with Gasteiger partial charge >= 0.3 is 0 Å². The molecule has 10 heteroatoms. The zero-order chi connectivity index (χ0) is 25.3. The molecule has 0 bridgehead atoms. The van der Waals surface area contributed by atoms with Crippen molar-refractivity contribution in [1.29, 1.82) is 0 Å². The Morgan fingerprint density at radius 2 is 1.82 bits per heavy atom. The highest BCUT2D eigenvalue weighted by molar-refractivity contribution is 6.38. The van der Waals surface area contributed by atoms with Gasteiger partial charge in [0.1, 0.15) is 0 Å². The van der Waals surface area contributed by atoms with E-state index in [9.17, 15) is 19.5 Å². The van der Waals surface area contributed by atoms with Crippen molar-refractivity contribution >= 4 is 17.6 Å². The molecule has 4 N–H and O–H groups in total. The molecule has 0 spiro atoms. The minimum Gasteiger partial charge on any atom is -0.356 e. The number of ketones is 1. The fraction of sp³-hybridized carbons (Fsp3) is 0.708. The summed E-state index contributed by atoms with van der Waals surface area (Å²) in [7, 11) is 0. The molecule has 1 aromatic heterocycles. The van der Waals surface area contributed by atoms with Gasteiger partial charge in [-0.05, 0) is 54.6 Å². The molecule has 2 amide bonds. The number of hydrogen-bond acceptors (Lipinski definition) is 8. The number of aliphatic hydroxyl groups is 1. The van der Waals surface area contributed by atoms with E-state index in [1.54, 1.807) is 12.4 Å². The second-order valence-electron chi connectivity index (χ2n) is 10.3. The summed E-state index contributed by atoms with van der Waals surface area (Å²) < 4.78 is 5.42. The van der Waals surface area contributed by atoms with Crippen LogP contribution in [0.2, 0.25) is 0 Å². The number of nitrogens with zero attached hydrogens (tertiary/aromatic N) is 2. The summed E-state index contributed by atoms with van der Waals surface area (Å²) in [6.45, 7) is 10.2. The van der Waals surface area contributed by atoms with Crippen molar-refractivity contribution in [1.82, 2.24) is 26.1 Å². The number of fused-ring (bicyclic) bond motifs is 1. The lowest BCUT2D eigenvalue weighted by Crippen LogP contribution is -2.56. The Labute approximate surface area is 201 Å².